The lowest BCUT2D eigenvalue weighted by Gasteiger charge is -2.09. The zero-order valence-electron chi connectivity index (χ0n) is 14.2. The van der Waals surface area contributed by atoms with Crippen molar-refractivity contribution in [1.29, 1.82) is 0 Å². The van der Waals surface area contributed by atoms with Crippen LogP contribution >= 0.6 is 0 Å². The van der Waals surface area contributed by atoms with Crippen LogP contribution in [0.25, 0.3) is 11.4 Å². The summed E-state index contributed by atoms with van der Waals surface area (Å²) < 4.78 is 5.20. The highest BCUT2D eigenvalue weighted by molar-refractivity contribution is 5.56. The summed E-state index contributed by atoms with van der Waals surface area (Å²) in [6, 6.07) is 5.84. The van der Waals surface area contributed by atoms with Crippen LogP contribution < -0.4 is 5.32 Å². The number of anilines is 1. The third kappa shape index (κ3) is 3.59. The Labute approximate surface area is 141 Å². The molecule has 0 bridgehead atoms. The van der Waals surface area contributed by atoms with Gasteiger partial charge in [0.25, 0.3) is 0 Å². The Bertz CT molecular complexity index is 794. The average molecular weight is 323 g/mol. The maximum absolute atomic E-state index is 5.20. The highest BCUT2D eigenvalue weighted by Gasteiger charge is 2.09. The van der Waals surface area contributed by atoms with Crippen LogP contribution in [0.5, 0.6) is 0 Å². The zero-order valence-corrected chi connectivity index (χ0v) is 14.2. The Kier molecular flexibility index (Phi) is 4.84. The number of nitrogens with zero attached hydrogens (tertiary/aromatic N) is 4. The number of hydrogen-bond donors (Lipinski definition) is 1. The van der Waals surface area contributed by atoms with Crippen molar-refractivity contribution < 1.29 is 4.52 Å². The fraction of sp³-hybridized carbons (Fsp3) is 0.333. The first-order valence-electron chi connectivity index (χ1n) is 8.11. The van der Waals surface area contributed by atoms with E-state index in [1.54, 1.807) is 12.4 Å². The van der Waals surface area contributed by atoms with Crippen molar-refractivity contribution in [3.8, 4) is 11.4 Å². The monoisotopic (exact) mass is 323 g/mol. The first kappa shape index (κ1) is 16.1. The van der Waals surface area contributed by atoms with E-state index in [2.05, 4.69) is 32.3 Å². The van der Waals surface area contributed by atoms with Gasteiger partial charge in [-0.1, -0.05) is 12.1 Å². The quantitative estimate of drug-likeness (QED) is 0.749. The van der Waals surface area contributed by atoms with E-state index in [1.165, 1.54) is 0 Å². The highest BCUT2D eigenvalue weighted by Crippen LogP contribution is 2.18. The topological polar surface area (TPSA) is 76.7 Å². The molecule has 0 fully saturated rings. The van der Waals surface area contributed by atoms with Crippen LogP contribution in [0, 0.1) is 13.8 Å². The van der Waals surface area contributed by atoms with Gasteiger partial charge in [-0.25, -0.2) is 9.97 Å². The van der Waals surface area contributed by atoms with E-state index < -0.39 is 0 Å². The first-order valence-corrected chi connectivity index (χ1v) is 8.11. The fourth-order valence-electron chi connectivity index (χ4n) is 2.57. The number of aromatic nitrogens is 4. The molecule has 0 aliphatic heterocycles. The minimum absolute atomic E-state index is 0.719. The third-order valence-electron chi connectivity index (χ3n) is 3.94. The zero-order chi connectivity index (χ0) is 16.9. The second-order valence-corrected chi connectivity index (χ2v) is 5.64. The molecule has 0 saturated carbocycles. The van der Waals surface area contributed by atoms with Crippen LogP contribution in [0.1, 0.15) is 29.6 Å². The van der Waals surface area contributed by atoms with Gasteiger partial charge in [0, 0.05) is 41.8 Å². The molecule has 124 valence electrons. The van der Waals surface area contributed by atoms with E-state index in [0.29, 0.717) is 0 Å². The summed E-state index contributed by atoms with van der Waals surface area (Å²) >= 11 is 0. The van der Waals surface area contributed by atoms with Gasteiger partial charge >= 0.3 is 0 Å². The van der Waals surface area contributed by atoms with Gasteiger partial charge in [0.05, 0.1) is 5.69 Å². The van der Waals surface area contributed by atoms with Crippen molar-refractivity contribution in [2.24, 2.45) is 0 Å². The number of hydrogen-bond acceptors (Lipinski definition) is 6. The maximum Gasteiger partial charge on any atom is 0.161 e. The highest BCUT2D eigenvalue weighted by atomic mass is 16.5. The second kappa shape index (κ2) is 7.21. The van der Waals surface area contributed by atoms with Gasteiger partial charge in [-0.05, 0) is 38.8 Å². The Morgan fingerprint density at radius 2 is 1.92 bits per heavy atom. The lowest BCUT2D eigenvalue weighted by molar-refractivity contribution is 0.392. The smallest absolute Gasteiger partial charge is 0.161 e. The average Bonchev–Trinajstić information content (AvgIpc) is 2.94. The van der Waals surface area contributed by atoms with Crippen LogP contribution in [0.3, 0.4) is 0 Å². The molecule has 0 aliphatic rings. The molecule has 3 aromatic heterocycles. The molecular formula is C18H21N5O. The Hall–Kier alpha value is -2.76. The van der Waals surface area contributed by atoms with Crippen molar-refractivity contribution in [2.75, 3.05) is 11.9 Å². The lowest BCUT2D eigenvalue weighted by Crippen LogP contribution is -2.09. The van der Waals surface area contributed by atoms with E-state index in [9.17, 15) is 0 Å². The molecule has 3 aromatic rings. The molecule has 0 atom stereocenters. The van der Waals surface area contributed by atoms with Gasteiger partial charge in [-0.3, -0.25) is 4.98 Å². The molecule has 0 unspecified atom stereocenters. The summed E-state index contributed by atoms with van der Waals surface area (Å²) in [5.41, 5.74) is 4.08. The molecule has 0 amide bonds. The molecule has 1 N–H and O–H groups in total. The first-order chi connectivity index (χ1) is 11.7. The van der Waals surface area contributed by atoms with E-state index in [1.807, 2.05) is 32.0 Å². The third-order valence-corrected chi connectivity index (χ3v) is 3.94. The maximum atomic E-state index is 5.20. The molecule has 3 rings (SSSR count). The van der Waals surface area contributed by atoms with Crippen molar-refractivity contribution in [2.45, 2.75) is 33.6 Å². The van der Waals surface area contributed by atoms with Gasteiger partial charge in [-0.15, -0.1) is 0 Å². The largest absolute Gasteiger partial charge is 0.370 e. The summed E-state index contributed by atoms with van der Waals surface area (Å²) in [6.07, 6.45) is 5.21. The minimum atomic E-state index is 0.719. The number of nitrogens with one attached hydrogen (secondary N) is 1. The van der Waals surface area contributed by atoms with Gasteiger partial charge < -0.3 is 9.84 Å². The minimum Gasteiger partial charge on any atom is -0.370 e. The predicted octanol–water partition coefficient (Wildman–Crippen LogP) is 3.36. The SMILES string of the molecule is CCc1cc(NCCc2c(C)noc2C)nc(-c2ccncc2)n1. The molecule has 0 radical (unpaired) electrons. The molecular weight excluding hydrogens is 302 g/mol. The Morgan fingerprint density at radius 1 is 1.12 bits per heavy atom. The van der Waals surface area contributed by atoms with Crippen molar-refractivity contribution >= 4 is 5.82 Å². The summed E-state index contributed by atoms with van der Waals surface area (Å²) in [4.78, 5) is 13.3. The molecule has 0 aliphatic carbocycles. The summed E-state index contributed by atoms with van der Waals surface area (Å²) in [7, 11) is 0. The van der Waals surface area contributed by atoms with Crippen LogP contribution in [0.4, 0.5) is 5.82 Å². The van der Waals surface area contributed by atoms with E-state index in [0.717, 1.165) is 59.3 Å². The van der Waals surface area contributed by atoms with Crippen LogP contribution in [0.2, 0.25) is 0 Å². The summed E-state index contributed by atoms with van der Waals surface area (Å²) in [5.74, 6) is 2.43. The van der Waals surface area contributed by atoms with Gasteiger partial charge in [0.1, 0.15) is 11.6 Å². The van der Waals surface area contributed by atoms with Crippen molar-refractivity contribution in [3.05, 3.63) is 53.3 Å². The second-order valence-electron chi connectivity index (χ2n) is 5.64. The van der Waals surface area contributed by atoms with Crippen LogP contribution in [-0.2, 0) is 12.8 Å². The molecule has 6 nitrogen and oxygen atoms in total. The normalized spacial score (nSPS) is 10.8. The number of pyridine rings is 1. The van der Waals surface area contributed by atoms with Gasteiger partial charge in [-0.2, -0.15) is 0 Å². The van der Waals surface area contributed by atoms with E-state index in [-0.39, 0.29) is 0 Å². The number of aryl methyl sites for hydroxylation is 3. The van der Waals surface area contributed by atoms with Gasteiger partial charge in [0.2, 0.25) is 0 Å². The predicted molar refractivity (Wildman–Crippen MR) is 92.8 cm³/mol. The van der Waals surface area contributed by atoms with Crippen LogP contribution in [-0.4, -0.2) is 26.7 Å². The van der Waals surface area contributed by atoms with Crippen molar-refractivity contribution in [3.63, 3.8) is 0 Å². The molecule has 6 heteroatoms. The van der Waals surface area contributed by atoms with Gasteiger partial charge in [0.15, 0.2) is 5.82 Å². The van der Waals surface area contributed by atoms with E-state index >= 15 is 0 Å². The molecule has 3 heterocycles. The molecule has 0 saturated heterocycles. The molecule has 24 heavy (non-hydrogen) atoms. The standard InChI is InChI=1S/C18H21N5O/c1-4-15-11-17(20-10-7-16-12(2)23-24-13(16)3)22-18(21-15)14-5-8-19-9-6-14/h5-6,8-9,11H,4,7,10H2,1-3H3,(H,20,21,22). The molecule has 0 aromatic carbocycles. The van der Waals surface area contributed by atoms with E-state index in [4.69, 9.17) is 4.52 Å². The summed E-state index contributed by atoms with van der Waals surface area (Å²) in [6.45, 7) is 6.76. The summed E-state index contributed by atoms with van der Waals surface area (Å²) in [5, 5.41) is 7.37. The number of rotatable bonds is 6. The Balaban J connectivity index is 1.76. The Morgan fingerprint density at radius 3 is 2.58 bits per heavy atom. The van der Waals surface area contributed by atoms with Crippen molar-refractivity contribution in [1.82, 2.24) is 20.1 Å². The molecule has 0 spiro atoms. The van der Waals surface area contributed by atoms with Crippen LogP contribution in [0.15, 0.2) is 35.1 Å². The lowest BCUT2D eigenvalue weighted by atomic mass is 10.1. The fourth-order valence-corrected chi connectivity index (χ4v) is 2.57.